The second-order valence-corrected chi connectivity index (χ2v) is 14.0. The van der Waals surface area contributed by atoms with Crippen LogP contribution < -0.4 is 9.47 Å². The number of hydrogen-bond donors (Lipinski definition) is 2. The van der Waals surface area contributed by atoms with Crippen molar-refractivity contribution >= 4 is 23.2 Å². The third-order valence-electron chi connectivity index (χ3n) is 9.56. The molecular weight excluding hydrogens is 632 g/mol. The first kappa shape index (κ1) is 35.9. The Bertz CT molecular complexity index is 1480. The van der Waals surface area contributed by atoms with Crippen molar-refractivity contribution in [3.05, 3.63) is 82.4 Å². The average molecular weight is 681 g/mol. The lowest BCUT2D eigenvalue weighted by Crippen LogP contribution is -2.64. The molecule has 0 unspecified atom stereocenters. The molecule has 2 aliphatic carbocycles. The Morgan fingerprint density at radius 3 is 2.58 bits per heavy atom. The molecule has 1 aliphatic heterocycles. The number of fused-ring (bicyclic) bond motifs is 2. The van der Waals surface area contributed by atoms with Crippen LogP contribution in [0.1, 0.15) is 70.3 Å². The topological polar surface area (TPSA) is 133 Å². The highest BCUT2D eigenvalue weighted by molar-refractivity contribution is 8.00. The molecule has 0 amide bonds. The van der Waals surface area contributed by atoms with Crippen molar-refractivity contribution in [3.63, 3.8) is 0 Å². The zero-order valence-electron chi connectivity index (χ0n) is 27.9. The number of hydrogen-bond acceptors (Lipinski definition) is 10. The van der Waals surface area contributed by atoms with Crippen LogP contribution >= 0.6 is 11.8 Å². The first-order chi connectivity index (χ1) is 23.4. The summed E-state index contributed by atoms with van der Waals surface area (Å²) in [5.41, 5.74) is 2.93. The van der Waals surface area contributed by atoms with E-state index in [1.54, 1.807) is 30.0 Å². The number of oxime groups is 1. The highest BCUT2D eigenvalue weighted by Gasteiger charge is 2.63. The fourth-order valence-electron chi connectivity index (χ4n) is 7.68. The predicted molar refractivity (Wildman–Crippen MR) is 188 cm³/mol. The molecule has 0 bridgehead atoms. The molecule has 1 saturated carbocycles. The minimum Gasteiger partial charge on any atom is -0.460 e. The van der Waals surface area contributed by atoms with Gasteiger partial charge >= 0.3 is 0 Å². The number of non-ortho nitro benzene ring substituents is 1. The van der Waals surface area contributed by atoms with Gasteiger partial charge in [-0.05, 0) is 80.0 Å². The number of benzene rings is 2. The van der Waals surface area contributed by atoms with Crippen LogP contribution in [0.4, 0.5) is 5.69 Å². The number of unbranched alkanes of at least 4 members (excludes halogenated alkanes) is 2. The van der Waals surface area contributed by atoms with Crippen LogP contribution in [0.25, 0.3) is 0 Å². The largest absolute Gasteiger partial charge is 0.460 e. The van der Waals surface area contributed by atoms with E-state index in [0.29, 0.717) is 37.6 Å². The van der Waals surface area contributed by atoms with Gasteiger partial charge in [0.15, 0.2) is 0 Å². The van der Waals surface area contributed by atoms with Crippen LogP contribution in [0.2, 0.25) is 0 Å². The summed E-state index contributed by atoms with van der Waals surface area (Å²) in [5, 5.41) is 35.5. The fraction of sp³-hybridized carbons (Fsp3) is 0.541. The van der Waals surface area contributed by atoms with Gasteiger partial charge in [-0.25, -0.2) is 0 Å². The second-order valence-electron chi connectivity index (χ2n) is 12.5. The lowest BCUT2D eigenvalue weighted by atomic mass is 9.56. The van der Waals surface area contributed by atoms with Gasteiger partial charge in [0, 0.05) is 37.2 Å². The molecule has 0 aromatic heterocycles. The highest BCUT2D eigenvalue weighted by Crippen LogP contribution is 2.62. The second kappa shape index (κ2) is 16.8. The zero-order valence-corrected chi connectivity index (χ0v) is 28.7. The van der Waals surface area contributed by atoms with E-state index in [1.165, 1.54) is 12.1 Å². The molecule has 6 atom stereocenters. The van der Waals surface area contributed by atoms with Crippen molar-refractivity contribution in [3.8, 4) is 17.2 Å². The lowest BCUT2D eigenvalue weighted by molar-refractivity contribution is -0.384. The summed E-state index contributed by atoms with van der Waals surface area (Å²) < 4.78 is 20.2. The molecule has 11 heteroatoms. The number of nitrogens with zero attached hydrogens (tertiary/aromatic N) is 2. The maximum Gasteiger partial charge on any atom is 0.273 e. The molecule has 0 saturated heterocycles. The van der Waals surface area contributed by atoms with Gasteiger partial charge in [-0.3, -0.25) is 10.1 Å². The molecule has 5 rings (SSSR count). The molecule has 1 heterocycles. The first-order valence-electron chi connectivity index (χ1n) is 17.1. The molecule has 1 fully saturated rings. The summed E-state index contributed by atoms with van der Waals surface area (Å²) in [5.74, 6) is 1.58. The quantitative estimate of drug-likeness (QED) is 0.0700. The Kier molecular flexibility index (Phi) is 12.6. The minimum atomic E-state index is -1.00. The number of aliphatic hydroxyl groups is 2. The first-order valence-corrected chi connectivity index (χ1v) is 18.2. The number of nitro benzene ring substituents is 1. The predicted octanol–water partition coefficient (Wildman–Crippen LogP) is 7.79. The summed E-state index contributed by atoms with van der Waals surface area (Å²) >= 11 is 1.80. The maximum atomic E-state index is 11.5. The average Bonchev–Trinajstić information content (AvgIpc) is 3.09. The van der Waals surface area contributed by atoms with E-state index in [2.05, 4.69) is 19.6 Å². The van der Waals surface area contributed by atoms with Crippen molar-refractivity contribution in [1.82, 2.24) is 0 Å². The summed E-state index contributed by atoms with van der Waals surface area (Å²) in [6.07, 6.45) is 9.69. The number of aliphatic hydroxyl groups excluding tert-OH is 2. The Morgan fingerprint density at radius 2 is 1.88 bits per heavy atom. The van der Waals surface area contributed by atoms with E-state index >= 15 is 0 Å². The van der Waals surface area contributed by atoms with Gasteiger partial charge in [-0.15, -0.1) is 6.58 Å². The van der Waals surface area contributed by atoms with Gasteiger partial charge in [-0.2, -0.15) is 11.8 Å². The number of thioether (sulfide) groups is 1. The van der Waals surface area contributed by atoms with Gasteiger partial charge in [0.05, 0.1) is 34.5 Å². The van der Waals surface area contributed by atoms with Crippen LogP contribution in [-0.4, -0.2) is 64.1 Å². The Labute approximate surface area is 287 Å². The monoisotopic (exact) mass is 680 g/mol. The van der Waals surface area contributed by atoms with E-state index < -0.39 is 10.7 Å². The molecule has 48 heavy (non-hydrogen) atoms. The number of allylic oxidation sites excluding steroid dienone is 1. The van der Waals surface area contributed by atoms with Crippen molar-refractivity contribution in [2.24, 2.45) is 22.9 Å². The van der Waals surface area contributed by atoms with Gasteiger partial charge in [0.1, 0.15) is 23.9 Å². The summed E-state index contributed by atoms with van der Waals surface area (Å²) in [6.45, 7) is 9.07. The molecule has 0 radical (unpaired) electrons. The standard InChI is InChI=1S/C37H48N2O8S/c1-4-20-44-37-34(48-6-3)24-32(38-45-5-2)30-21-25(12-7-9-18-40)29(15-8-10-19-41)35(36(30)37)31-23-28(16-17-33(31)47-37)46-27-14-11-13-26(22-27)39(42)43/h4,11,13-14,16-17,21-23,25,29,34-36,40-41H,1,5-10,12,15,18-20,24H2,2-3H3/t25-,29+,34-,35+,36+,37+/m0/s1. The van der Waals surface area contributed by atoms with Crippen LogP contribution in [-0.2, 0) is 9.57 Å². The molecule has 2 N–H and O–H groups in total. The minimum absolute atomic E-state index is 0.0440. The smallest absolute Gasteiger partial charge is 0.273 e. The molecule has 2 aromatic rings. The van der Waals surface area contributed by atoms with E-state index in [4.69, 9.17) is 24.2 Å². The van der Waals surface area contributed by atoms with Gasteiger partial charge in [-0.1, -0.05) is 43.1 Å². The summed E-state index contributed by atoms with van der Waals surface area (Å²) in [6, 6.07) is 12.0. The van der Waals surface area contributed by atoms with Crippen LogP contribution in [0.3, 0.4) is 0 Å². The van der Waals surface area contributed by atoms with E-state index in [1.807, 2.05) is 25.1 Å². The summed E-state index contributed by atoms with van der Waals surface area (Å²) in [7, 11) is 0. The fourth-order valence-corrected chi connectivity index (χ4v) is 8.85. The number of nitro groups is 1. The molecule has 10 nitrogen and oxygen atoms in total. The normalized spacial score (nSPS) is 26.5. The van der Waals surface area contributed by atoms with E-state index in [-0.39, 0.29) is 47.8 Å². The lowest BCUT2D eigenvalue weighted by Gasteiger charge is -2.58. The Morgan fingerprint density at radius 1 is 1.10 bits per heavy atom. The SMILES string of the molecule is C=CCO[C@@]12Oc3ccc(Oc4cccc([N+](=O)[O-])c4)cc3[C@H]3[C@H](CCCCO)[C@@H](CCCCO)C=C(C(=NOCC)C[C@@H]1SCC)[C@H]32. The van der Waals surface area contributed by atoms with Gasteiger partial charge in [0.2, 0.25) is 5.79 Å². The van der Waals surface area contributed by atoms with Crippen molar-refractivity contribution in [2.45, 2.75) is 75.7 Å². The van der Waals surface area contributed by atoms with Crippen molar-refractivity contribution in [1.29, 1.82) is 0 Å². The summed E-state index contributed by atoms with van der Waals surface area (Å²) in [4.78, 5) is 16.7. The third kappa shape index (κ3) is 7.59. The number of rotatable bonds is 18. The Hall–Kier alpha value is -3.38. The molecule has 3 aliphatic rings. The van der Waals surface area contributed by atoms with Gasteiger partial charge < -0.3 is 29.3 Å². The van der Waals surface area contributed by atoms with Crippen molar-refractivity contribution in [2.75, 3.05) is 32.2 Å². The molecule has 0 spiro atoms. The maximum absolute atomic E-state index is 11.5. The van der Waals surface area contributed by atoms with Crippen LogP contribution in [0, 0.1) is 27.9 Å². The van der Waals surface area contributed by atoms with Crippen LogP contribution in [0.5, 0.6) is 17.2 Å². The molecule has 2 aromatic carbocycles. The van der Waals surface area contributed by atoms with Crippen LogP contribution in [0.15, 0.2) is 71.9 Å². The molecule has 260 valence electrons. The van der Waals surface area contributed by atoms with Crippen molar-refractivity contribution < 1.29 is 34.2 Å². The van der Waals surface area contributed by atoms with E-state index in [9.17, 15) is 20.3 Å². The number of ether oxygens (including phenoxy) is 3. The highest BCUT2D eigenvalue weighted by atomic mass is 32.2. The zero-order chi connectivity index (χ0) is 34.1. The third-order valence-corrected chi connectivity index (χ3v) is 10.8. The van der Waals surface area contributed by atoms with E-state index in [0.717, 1.165) is 60.5 Å². The molecular formula is C37H48N2O8S. The van der Waals surface area contributed by atoms with Gasteiger partial charge in [0.25, 0.3) is 5.69 Å². The Balaban J connectivity index is 1.70.